The van der Waals surface area contributed by atoms with Crippen LogP contribution in [0.1, 0.15) is 6.92 Å². The van der Waals surface area contributed by atoms with Gasteiger partial charge in [0, 0.05) is 6.92 Å². The first kappa shape index (κ1) is 13.9. The summed E-state index contributed by atoms with van der Waals surface area (Å²) < 4.78 is 16.2. The van der Waals surface area contributed by atoms with E-state index in [9.17, 15) is 9.90 Å². The number of ether oxygens (including phenoxy) is 2. The molecule has 2 aromatic carbocycles. The zero-order valence-corrected chi connectivity index (χ0v) is 11.7. The molecule has 1 atom stereocenters. The molecule has 1 N–H and O–H groups in total. The minimum absolute atomic E-state index is 0.165. The molecule has 6 nitrogen and oxygen atoms in total. The van der Waals surface area contributed by atoms with Gasteiger partial charge in [-0.25, -0.2) is 4.79 Å². The molecule has 0 fully saturated rings. The monoisotopic (exact) mass is 299 g/mol. The van der Waals surface area contributed by atoms with Crippen LogP contribution in [0.2, 0.25) is 0 Å². The number of oxazole rings is 1. The molecule has 3 aromatic rings. The number of nitrogens with zero attached hydrogens (tertiary/aromatic N) is 1. The normalized spacial score (nSPS) is 13.5. The van der Waals surface area contributed by atoms with Crippen LogP contribution in [0.25, 0.3) is 11.1 Å². The zero-order valence-electron chi connectivity index (χ0n) is 11.7. The number of fused-ring (bicyclic) bond motifs is 1. The number of rotatable bonds is 5. The fourth-order valence-electron chi connectivity index (χ4n) is 1.88. The van der Waals surface area contributed by atoms with Crippen molar-refractivity contribution in [3.05, 3.63) is 54.6 Å². The number of hydrogen-bond donors (Lipinski definition) is 1. The Morgan fingerprint density at radius 3 is 2.45 bits per heavy atom. The second-order valence-electron chi connectivity index (χ2n) is 4.72. The first-order valence-corrected chi connectivity index (χ1v) is 6.59. The van der Waals surface area contributed by atoms with Crippen LogP contribution >= 0.6 is 0 Å². The average Bonchev–Trinajstić information content (AvgIpc) is 2.89. The minimum Gasteiger partial charge on any atom is -0.475 e. The van der Waals surface area contributed by atoms with E-state index >= 15 is 0 Å². The summed E-state index contributed by atoms with van der Waals surface area (Å²) in [5.41, 5.74) is 1.08. The maximum atomic E-state index is 11.5. The standard InChI is InChI=1S/C16H13NO5/c1-16(14(18)19,21-11-7-3-2-4-8-11)22-15-17-12-9-5-6-10-13(12)20-15/h2-10H,1H3,(H,18,19). The molecule has 0 aliphatic heterocycles. The quantitative estimate of drug-likeness (QED) is 0.729. The predicted molar refractivity (Wildman–Crippen MR) is 77.7 cm³/mol. The van der Waals surface area contributed by atoms with E-state index in [-0.39, 0.29) is 6.08 Å². The summed E-state index contributed by atoms with van der Waals surface area (Å²) in [5, 5.41) is 9.41. The topological polar surface area (TPSA) is 81.8 Å². The van der Waals surface area contributed by atoms with Crippen molar-refractivity contribution in [2.24, 2.45) is 0 Å². The highest BCUT2D eigenvalue weighted by Crippen LogP contribution is 2.26. The number of aromatic nitrogens is 1. The number of carboxylic acid groups (broad SMARTS) is 1. The molecular formula is C16H13NO5. The summed E-state index contributed by atoms with van der Waals surface area (Å²) in [7, 11) is 0. The van der Waals surface area contributed by atoms with Crippen LogP contribution in [0.4, 0.5) is 0 Å². The van der Waals surface area contributed by atoms with E-state index in [2.05, 4.69) is 4.98 Å². The van der Waals surface area contributed by atoms with Crippen LogP contribution in [0.5, 0.6) is 11.8 Å². The van der Waals surface area contributed by atoms with E-state index < -0.39 is 11.8 Å². The molecule has 3 rings (SSSR count). The second-order valence-corrected chi connectivity index (χ2v) is 4.72. The lowest BCUT2D eigenvalue weighted by Gasteiger charge is -2.24. The van der Waals surface area contributed by atoms with Crippen molar-refractivity contribution >= 4 is 17.1 Å². The van der Waals surface area contributed by atoms with Crippen molar-refractivity contribution in [1.82, 2.24) is 4.98 Å². The lowest BCUT2D eigenvalue weighted by molar-refractivity contribution is -0.184. The second kappa shape index (κ2) is 5.40. The highest BCUT2D eigenvalue weighted by atomic mass is 16.8. The fraction of sp³-hybridized carbons (Fsp3) is 0.125. The van der Waals surface area contributed by atoms with Gasteiger partial charge < -0.3 is 19.0 Å². The highest BCUT2D eigenvalue weighted by molar-refractivity contribution is 5.76. The molecule has 22 heavy (non-hydrogen) atoms. The van der Waals surface area contributed by atoms with Crippen LogP contribution < -0.4 is 9.47 Å². The van der Waals surface area contributed by atoms with Gasteiger partial charge in [-0.2, -0.15) is 4.98 Å². The van der Waals surface area contributed by atoms with Gasteiger partial charge in [-0.3, -0.25) is 0 Å². The van der Waals surface area contributed by atoms with Gasteiger partial charge in [-0.15, -0.1) is 0 Å². The third-order valence-electron chi connectivity index (χ3n) is 3.00. The van der Waals surface area contributed by atoms with E-state index in [0.717, 1.165) is 0 Å². The van der Waals surface area contributed by atoms with Crippen molar-refractivity contribution in [3.63, 3.8) is 0 Å². The molecule has 0 saturated carbocycles. The van der Waals surface area contributed by atoms with E-state index in [1.54, 1.807) is 54.6 Å². The number of hydrogen-bond acceptors (Lipinski definition) is 5. The lowest BCUT2D eigenvalue weighted by Crippen LogP contribution is -2.47. The number of para-hydroxylation sites is 3. The first-order valence-electron chi connectivity index (χ1n) is 6.59. The summed E-state index contributed by atoms with van der Waals surface area (Å²) in [5.74, 6) is -2.88. The Labute approximate surface area is 125 Å². The molecule has 0 aliphatic carbocycles. The molecule has 1 heterocycles. The summed E-state index contributed by atoms with van der Waals surface area (Å²) in [4.78, 5) is 15.6. The van der Waals surface area contributed by atoms with E-state index in [1.807, 2.05) is 0 Å². The molecule has 0 spiro atoms. The number of aliphatic carboxylic acids is 1. The third kappa shape index (κ3) is 2.71. The van der Waals surface area contributed by atoms with Gasteiger partial charge in [0.05, 0.1) is 0 Å². The summed E-state index contributed by atoms with van der Waals surface area (Å²) in [6, 6.07) is 15.6. The van der Waals surface area contributed by atoms with Gasteiger partial charge in [0.2, 0.25) is 0 Å². The summed E-state index contributed by atoms with van der Waals surface area (Å²) in [6.07, 6.45) is -0.165. The molecule has 0 aliphatic rings. The van der Waals surface area contributed by atoms with Crippen molar-refractivity contribution < 1.29 is 23.8 Å². The van der Waals surface area contributed by atoms with Gasteiger partial charge in [0.1, 0.15) is 11.3 Å². The largest absolute Gasteiger partial charge is 0.475 e. The van der Waals surface area contributed by atoms with E-state index in [1.165, 1.54) is 6.92 Å². The number of carboxylic acids is 1. The minimum atomic E-state index is -1.96. The van der Waals surface area contributed by atoms with E-state index in [4.69, 9.17) is 13.9 Å². The van der Waals surface area contributed by atoms with Crippen molar-refractivity contribution in [1.29, 1.82) is 0 Å². The molecule has 0 radical (unpaired) electrons. The molecule has 112 valence electrons. The van der Waals surface area contributed by atoms with Crippen LogP contribution in [0.3, 0.4) is 0 Å². The number of benzene rings is 2. The van der Waals surface area contributed by atoms with Crippen LogP contribution in [0, 0.1) is 0 Å². The van der Waals surface area contributed by atoms with Gasteiger partial charge in [0.25, 0.3) is 0 Å². The maximum Gasteiger partial charge on any atom is 0.398 e. The highest BCUT2D eigenvalue weighted by Gasteiger charge is 2.40. The van der Waals surface area contributed by atoms with Crippen molar-refractivity contribution in [3.8, 4) is 11.8 Å². The molecule has 1 aromatic heterocycles. The van der Waals surface area contributed by atoms with Crippen molar-refractivity contribution in [2.45, 2.75) is 12.7 Å². The Morgan fingerprint density at radius 2 is 1.77 bits per heavy atom. The van der Waals surface area contributed by atoms with Crippen LogP contribution in [0.15, 0.2) is 59.0 Å². The first-order chi connectivity index (χ1) is 10.6. The lowest BCUT2D eigenvalue weighted by atomic mass is 10.3. The SMILES string of the molecule is CC(Oc1ccccc1)(Oc1nc2ccccc2o1)C(=O)O. The average molecular weight is 299 g/mol. The Hall–Kier alpha value is -3.02. The van der Waals surface area contributed by atoms with Crippen LogP contribution in [-0.2, 0) is 4.79 Å². The van der Waals surface area contributed by atoms with Gasteiger partial charge in [-0.05, 0) is 24.3 Å². The molecule has 0 saturated heterocycles. The Morgan fingerprint density at radius 1 is 1.09 bits per heavy atom. The van der Waals surface area contributed by atoms with Crippen LogP contribution in [-0.4, -0.2) is 21.8 Å². The molecule has 0 bridgehead atoms. The predicted octanol–water partition coefficient (Wildman–Crippen LogP) is 3.09. The Balaban J connectivity index is 1.89. The van der Waals surface area contributed by atoms with Gasteiger partial charge in [-0.1, -0.05) is 30.3 Å². The van der Waals surface area contributed by atoms with Gasteiger partial charge >= 0.3 is 17.8 Å². The summed E-state index contributed by atoms with van der Waals surface area (Å²) in [6.45, 7) is 1.29. The van der Waals surface area contributed by atoms with Gasteiger partial charge in [0.15, 0.2) is 5.58 Å². The molecule has 0 amide bonds. The third-order valence-corrected chi connectivity index (χ3v) is 3.00. The van der Waals surface area contributed by atoms with Crippen molar-refractivity contribution in [2.75, 3.05) is 0 Å². The Bertz CT molecular complexity index is 765. The summed E-state index contributed by atoms with van der Waals surface area (Å²) >= 11 is 0. The van der Waals surface area contributed by atoms with E-state index in [0.29, 0.717) is 16.8 Å². The Kier molecular flexibility index (Phi) is 3.42. The zero-order chi connectivity index (χ0) is 15.6. The maximum absolute atomic E-state index is 11.5. The number of carbonyl (C=O) groups is 1. The smallest absolute Gasteiger partial charge is 0.398 e. The fourth-order valence-corrected chi connectivity index (χ4v) is 1.88. The molecular weight excluding hydrogens is 286 g/mol. The molecule has 6 heteroatoms. The molecule has 1 unspecified atom stereocenters.